The van der Waals surface area contributed by atoms with Gasteiger partial charge in [0, 0.05) is 5.75 Å². The van der Waals surface area contributed by atoms with Gasteiger partial charge in [0.1, 0.15) is 18.1 Å². The van der Waals surface area contributed by atoms with Gasteiger partial charge >= 0.3 is 17.9 Å². The van der Waals surface area contributed by atoms with Crippen LogP contribution >= 0.6 is 24.4 Å². The van der Waals surface area contributed by atoms with Crippen LogP contribution in [0.2, 0.25) is 0 Å². The van der Waals surface area contributed by atoms with E-state index in [1.165, 1.54) is 11.8 Å². The van der Waals surface area contributed by atoms with Crippen molar-refractivity contribution in [2.24, 2.45) is 5.73 Å². The molecule has 4 atom stereocenters. The predicted molar refractivity (Wildman–Crippen MR) is 113 cm³/mol. The number of carbonyl (C=O) groups is 6. The molecule has 0 bridgehead atoms. The Bertz CT molecular complexity index is 692. The van der Waals surface area contributed by atoms with Gasteiger partial charge in [0.2, 0.25) is 17.7 Å². The van der Waals surface area contributed by atoms with Crippen molar-refractivity contribution in [1.82, 2.24) is 16.0 Å². The van der Waals surface area contributed by atoms with E-state index in [-0.39, 0.29) is 12.2 Å². The maximum Gasteiger partial charge on any atom is 0.326 e. The summed E-state index contributed by atoms with van der Waals surface area (Å²) in [6.45, 7) is 0. The Morgan fingerprint density at radius 2 is 1.32 bits per heavy atom. The number of nitrogens with one attached hydrogen (secondary N) is 3. The average molecular weight is 483 g/mol. The van der Waals surface area contributed by atoms with Gasteiger partial charge in [-0.15, -0.1) is 0 Å². The third kappa shape index (κ3) is 11.4. The number of rotatable bonds is 15. The van der Waals surface area contributed by atoms with Gasteiger partial charge in [-0.25, -0.2) is 4.79 Å². The van der Waals surface area contributed by atoms with E-state index in [9.17, 15) is 33.9 Å². The molecule has 0 aromatic heterocycles. The molecule has 0 rings (SSSR count). The number of aliphatic carboxylic acids is 3. The van der Waals surface area contributed by atoms with E-state index in [2.05, 4.69) is 23.3 Å². The van der Waals surface area contributed by atoms with Crippen molar-refractivity contribution >= 4 is 60.0 Å². The largest absolute Gasteiger partial charge is 0.481 e. The topological polar surface area (TPSA) is 225 Å². The van der Waals surface area contributed by atoms with Gasteiger partial charge in [-0.05, 0) is 18.4 Å². The number of carboxylic acid groups (broad SMARTS) is 3. The Labute approximate surface area is 187 Å². The van der Waals surface area contributed by atoms with Crippen LogP contribution in [0.4, 0.5) is 0 Å². The van der Waals surface area contributed by atoms with E-state index < -0.39 is 72.6 Å². The number of hydrogen-bond acceptors (Lipinski definition) is 9. The second kappa shape index (κ2) is 14.5. The molecule has 0 fully saturated rings. The minimum absolute atomic E-state index is 0.134. The van der Waals surface area contributed by atoms with Gasteiger partial charge in [0.05, 0.1) is 18.9 Å². The second-order valence-electron chi connectivity index (χ2n) is 6.29. The van der Waals surface area contributed by atoms with Gasteiger partial charge in [-0.2, -0.15) is 24.4 Å². The van der Waals surface area contributed by atoms with Crippen LogP contribution in [0.1, 0.15) is 19.3 Å². The Balaban J connectivity index is 5.23. The first-order valence-corrected chi connectivity index (χ1v) is 10.9. The first-order valence-electron chi connectivity index (χ1n) is 8.85. The minimum Gasteiger partial charge on any atom is -0.481 e. The van der Waals surface area contributed by atoms with Gasteiger partial charge < -0.3 is 37.0 Å². The maximum atomic E-state index is 12.4. The van der Waals surface area contributed by atoms with Gasteiger partial charge in [-0.3, -0.25) is 24.0 Å². The molecule has 0 aromatic rings. The minimum atomic E-state index is -1.66. The van der Waals surface area contributed by atoms with Crippen LogP contribution in [0.5, 0.6) is 0 Å². The fraction of sp³-hybridized carbons (Fsp3) is 0.625. The Kier molecular flexibility index (Phi) is 13.3. The van der Waals surface area contributed by atoms with Crippen LogP contribution in [-0.2, 0) is 28.8 Å². The molecular formula is C16H26N4O9S2. The zero-order valence-corrected chi connectivity index (χ0v) is 18.3. The number of hydrogen-bond donors (Lipinski definition) is 8. The summed E-state index contributed by atoms with van der Waals surface area (Å²) in [7, 11) is 0. The number of thiol groups is 1. The van der Waals surface area contributed by atoms with Gasteiger partial charge in [-0.1, -0.05) is 0 Å². The molecule has 13 nitrogen and oxygen atoms in total. The monoisotopic (exact) mass is 482 g/mol. The van der Waals surface area contributed by atoms with Crippen LogP contribution in [-0.4, -0.2) is 92.9 Å². The summed E-state index contributed by atoms with van der Waals surface area (Å²) < 4.78 is 0. The Morgan fingerprint density at radius 1 is 0.839 bits per heavy atom. The quantitative estimate of drug-likeness (QED) is 0.114. The highest BCUT2D eigenvalue weighted by molar-refractivity contribution is 7.98. The molecule has 176 valence electrons. The molecule has 0 radical (unpaired) electrons. The lowest BCUT2D eigenvalue weighted by Gasteiger charge is -2.23. The first-order chi connectivity index (χ1) is 14.4. The highest BCUT2D eigenvalue weighted by atomic mass is 32.2. The highest BCUT2D eigenvalue weighted by Crippen LogP contribution is 2.03. The van der Waals surface area contributed by atoms with Crippen molar-refractivity contribution in [2.75, 3.05) is 17.8 Å². The molecule has 0 spiro atoms. The number of thioether (sulfide) groups is 1. The summed E-state index contributed by atoms with van der Waals surface area (Å²) in [5.74, 6) is -6.89. The van der Waals surface area contributed by atoms with Gasteiger partial charge in [0.25, 0.3) is 0 Å². The zero-order chi connectivity index (χ0) is 24.1. The van der Waals surface area contributed by atoms with Crippen molar-refractivity contribution in [3.8, 4) is 0 Å². The molecule has 0 aliphatic heterocycles. The van der Waals surface area contributed by atoms with Crippen LogP contribution in [0.25, 0.3) is 0 Å². The first kappa shape index (κ1) is 28.5. The smallest absolute Gasteiger partial charge is 0.326 e. The van der Waals surface area contributed by atoms with Crippen molar-refractivity contribution in [3.63, 3.8) is 0 Å². The second-order valence-corrected chi connectivity index (χ2v) is 7.64. The molecule has 0 aromatic carbocycles. The van der Waals surface area contributed by atoms with E-state index in [1.807, 2.05) is 5.32 Å². The standard InChI is InChI=1S/C16H26N4O9S2/c1-31-3-2-8(16(28)29)18-15(27)10(6-30)20-14(26)9(5-12(23)24)19-13(25)7(17)4-11(21)22/h7-10,30H,2-6,17H2,1H3,(H,18,27)(H,19,25)(H,20,26)(H,21,22)(H,23,24)(H,28,29). The average Bonchev–Trinajstić information content (AvgIpc) is 2.66. The summed E-state index contributed by atoms with van der Waals surface area (Å²) in [5, 5.41) is 33.3. The molecule has 0 saturated carbocycles. The Morgan fingerprint density at radius 3 is 1.77 bits per heavy atom. The molecule has 3 amide bonds. The lowest BCUT2D eigenvalue weighted by molar-refractivity contribution is -0.143. The summed E-state index contributed by atoms with van der Waals surface area (Å²) in [6.07, 6.45) is 0.274. The number of carboxylic acids is 3. The molecule has 4 unspecified atom stereocenters. The molecular weight excluding hydrogens is 456 g/mol. The predicted octanol–water partition coefficient (Wildman–Crippen LogP) is -2.51. The summed E-state index contributed by atoms with van der Waals surface area (Å²) in [5.41, 5.74) is 5.39. The van der Waals surface area contributed by atoms with E-state index >= 15 is 0 Å². The number of carbonyl (C=O) groups excluding carboxylic acids is 3. The third-order valence-electron chi connectivity index (χ3n) is 3.78. The van der Waals surface area contributed by atoms with Crippen molar-refractivity contribution in [2.45, 2.75) is 43.4 Å². The van der Waals surface area contributed by atoms with Crippen molar-refractivity contribution in [1.29, 1.82) is 0 Å². The molecule has 8 N–H and O–H groups in total. The number of nitrogens with two attached hydrogens (primary N) is 1. The van der Waals surface area contributed by atoms with Crippen molar-refractivity contribution in [3.05, 3.63) is 0 Å². The van der Waals surface area contributed by atoms with E-state index in [1.54, 1.807) is 6.26 Å². The summed E-state index contributed by atoms with van der Waals surface area (Å²) in [4.78, 5) is 69.7. The van der Waals surface area contributed by atoms with Gasteiger partial charge in [0.15, 0.2) is 0 Å². The molecule has 0 heterocycles. The Hall–Kier alpha value is -2.52. The molecule has 0 aliphatic rings. The van der Waals surface area contributed by atoms with Crippen LogP contribution < -0.4 is 21.7 Å². The van der Waals surface area contributed by atoms with Crippen LogP contribution in [0.15, 0.2) is 0 Å². The highest BCUT2D eigenvalue weighted by Gasteiger charge is 2.31. The summed E-state index contributed by atoms with van der Waals surface area (Å²) >= 11 is 5.31. The number of amides is 3. The molecule has 31 heavy (non-hydrogen) atoms. The lowest BCUT2D eigenvalue weighted by atomic mass is 10.1. The van der Waals surface area contributed by atoms with Crippen molar-refractivity contribution < 1.29 is 44.1 Å². The van der Waals surface area contributed by atoms with E-state index in [0.29, 0.717) is 5.75 Å². The molecule has 0 aliphatic carbocycles. The maximum absolute atomic E-state index is 12.4. The molecule has 15 heteroatoms. The lowest BCUT2D eigenvalue weighted by Crippen LogP contribution is -2.58. The fourth-order valence-corrected chi connectivity index (χ4v) is 2.90. The van der Waals surface area contributed by atoms with E-state index in [4.69, 9.17) is 15.9 Å². The zero-order valence-electron chi connectivity index (χ0n) is 16.6. The normalized spacial score (nSPS) is 14.4. The third-order valence-corrected chi connectivity index (χ3v) is 4.79. The van der Waals surface area contributed by atoms with Crippen LogP contribution in [0.3, 0.4) is 0 Å². The van der Waals surface area contributed by atoms with E-state index in [0.717, 1.165) is 0 Å². The summed E-state index contributed by atoms with van der Waals surface area (Å²) in [6, 6.07) is -5.72. The fourth-order valence-electron chi connectivity index (χ4n) is 2.18. The van der Waals surface area contributed by atoms with Crippen LogP contribution in [0, 0.1) is 0 Å². The molecule has 0 saturated heterocycles. The SMILES string of the molecule is CSCCC(NC(=O)C(CS)NC(=O)C(CC(=O)O)NC(=O)C(N)CC(=O)O)C(=O)O.